The topological polar surface area (TPSA) is 93.1 Å². The number of hydrogen-bond acceptors (Lipinski definition) is 6. The van der Waals surface area contributed by atoms with Crippen LogP contribution in [0.4, 0.5) is 0 Å². The third-order valence-corrected chi connectivity index (χ3v) is 11.2. The Labute approximate surface area is 242 Å². The standard InChI is InChI=1S/C34H54O6/c1-22(2)9-8-10-23(3)11-12-26-14-17-32(7)20-27(40-24(4)35)30-31(5,6)16-15-28(36)34(26,30)33(32,38)18-13-25-19-29(37)39-21-25/h14,17,19,22-23,26-28,30,36,38H,8-13,15-16,18,20-21H2,1-7H3/t23-,26+,27+,28+,30-,32-,33+,34-/m0/s1. The zero-order valence-electron chi connectivity index (χ0n) is 26.0. The number of aliphatic hydroxyl groups is 2. The summed E-state index contributed by atoms with van der Waals surface area (Å²) >= 11 is 0. The van der Waals surface area contributed by atoms with E-state index in [1.807, 2.05) is 0 Å². The number of fused-ring (bicyclic) bond motifs is 1. The molecular formula is C34H54O6. The zero-order chi connectivity index (χ0) is 29.5. The van der Waals surface area contributed by atoms with Crippen molar-refractivity contribution in [1.29, 1.82) is 0 Å². The van der Waals surface area contributed by atoms with Gasteiger partial charge >= 0.3 is 11.9 Å². The summed E-state index contributed by atoms with van der Waals surface area (Å²) in [4.78, 5) is 24.2. The Kier molecular flexibility index (Phi) is 9.03. The van der Waals surface area contributed by atoms with E-state index in [0.717, 1.165) is 24.8 Å². The molecule has 4 aliphatic rings. The molecule has 226 valence electrons. The van der Waals surface area contributed by atoms with Gasteiger partial charge in [-0.2, -0.15) is 0 Å². The molecule has 6 heteroatoms. The first-order valence-corrected chi connectivity index (χ1v) is 15.8. The van der Waals surface area contributed by atoms with Crippen molar-refractivity contribution < 1.29 is 29.3 Å². The SMILES string of the molecule is CC(=O)O[C@@H]1C[C@]2(C)C=C[C@@H](CC[C@@H](C)CCCC(C)C)[C@@]3([C@H](O)CCC(C)(C)[C@H]13)[C@@]2(O)CCC1=CC(=O)OC1. The first-order chi connectivity index (χ1) is 18.7. The van der Waals surface area contributed by atoms with Crippen molar-refractivity contribution in [2.75, 3.05) is 6.61 Å². The van der Waals surface area contributed by atoms with Crippen LogP contribution < -0.4 is 0 Å². The summed E-state index contributed by atoms with van der Waals surface area (Å²) in [7, 11) is 0. The van der Waals surface area contributed by atoms with Gasteiger partial charge < -0.3 is 19.7 Å². The van der Waals surface area contributed by atoms with Crippen molar-refractivity contribution in [2.45, 2.75) is 130 Å². The Balaban J connectivity index is 1.77. The van der Waals surface area contributed by atoms with Crippen molar-refractivity contribution >= 4 is 11.9 Å². The van der Waals surface area contributed by atoms with Crippen LogP contribution in [-0.2, 0) is 19.1 Å². The summed E-state index contributed by atoms with van der Waals surface area (Å²) in [6, 6.07) is 0. The highest BCUT2D eigenvalue weighted by Gasteiger charge is 2.76. The normalized spacial score (nSPS) is 39.0. The number of carbonyl (C=O) groups excluding carboxylic acids is 2. The molecule has 1 spiro atoms. The van der Waals surface area contributed by atoms with E-state index in [0.29, 0.717) is 37.5 Å². The minimum absolute atomic E-state index is 0.0495. The van der Waals surface area contributed by atoms with Gasteiger partial charge in [0.05, 0.1) is 11.7 Å². The van der Waals surface area contributed by atoms with Crippen LogP contribution in [0.15, 0.2) is 23.8 Å². The highest BCUT2D eigenvalue weighted by molar-refractivity contribution is 5.85. The molecule has 1 heterocycles. The lowest BCUT2D eigenvalue weighted by atomic mass is 9.33. The first-order valence-electron chi connectivity index (χ1n) is 15.8. The summed E-state index contributed by atoms with van der Waals surface area (Å²) < 4.78 is 11.3. The Hall–Kier alpha value is -1.66. The van der Waals surface area contributed by atoms with Crippen LogP contribution in [-0.4, -0.2) is 46.6 Å². The molecule has 40 heavy (non-hydrogen) atoms. The minimum Gasteiger partial charge on any atom is -0.462 e. The van der Waals surface area contributed by atoms with Crippen molar-refractivity contribution in [3.8, 4) is 0 Å². The number of hydrogen-bond donors (Lipinski definition) is 2. The molecule has 0 saturated heterocycles. The van der Waals surface area contributed by atoms with E-state index in [2.05, 4.69) is 53.7 Å². The molecule has 6 nitrogen and oxygen atoms in total. The molecule has 0 unspecified atom stereocenters. The first kappa shape index (κ1) is 31.3. The van der Waals surface area contributed by atoms with Crippen molar-refractivity contribution in [3.05, 3.63) is 23.8 Å². The van der Waals surface area contributed by atoms with E-state index in [-0.39, 0.29) is 41.9 Å². The van der Waals surface area contributed by atoms with Crippen LogP contribution in [0.5, 0.6) is 0 Å². The second-order valence-electron chi connectivity index (χ2n) is 15.0. The molecule has 2 saturated carbocycles. The lowest BCUT2D eigenvalue weighted by molar-refractivity contribution is -0.324. The van der Waals surface area contributed by atoms with Gasteiger partial charge in [-0.1, -0.05) is 79.4 Å². The molecule has 2 fully saturated rings. The summed E-state index contributed by atoms with van der Waals surface area (Å²) in [6.07, 6.45) is 13.3. The van der Waals surface area contributed by atoms with E-state index >= 15 is 0 Å². The van der Waals surface area contributed by atoms with Crippen molar-refractivity contribution in [3.63, 3.8) is 0 Å². The molecule has 4 rings (SSSR count). The van der Waals surface area contributed by atoms with Gasteiger partial charge in [0, 0.05) is 29.7 Å². The van der Waals surface area contributed by atoms with Gasteiger partial charge in [0.15, 0.2) is 0 Å². The number of carbonyl (C=O) groups is 2. The average molecular weight is 559 g/mol. The van der Waals surface area contributed by atoms with Crippen LogP contribution in [0, 0.1) is 39.9 Å². The quantitative estimate of drug-likeness (QED) is 0.221. The molecule has 3 aliphatic carbocycles. The van der Waals surface area contributed by atoms with Crippen molar-refractivity contribution in [2.24, 2.45) is 39.9 Å². The number of ether oxygens (including phenoxy) is 2. The third kappa shape index (κ3) is 5.44. The van der Waals surface area contributed by atoms with Crippen LogP contribution in [0.2, 0.25) is 0 Å². The highest BCUT2D eigenvalue weighted by atomic mass is 16.5. The second kappa shape index (κ2) is 11.6. The Morgan fingerprint density at radius 1 is 1.18 bits per heavy atom. The average Bonchev–Trinajstić information content (AvgIpc) is 3.26. The maximum absolute atomic E-state index is 13.2. The summed E-state index contributed by atoms with van der Waals surface area (Å²) in [5.74, 6) is 0.368. The smallest absolute Gasteiger partial charge is 0.331 e. The number of esters is 2. The van der Waals surface area contributed by atoms with Crippen molar-refractivity contribution in [1.82, 2.24) is 0 Å². The molecule has 2 N–H and O–H groups in total. The highest BCUT2D eigenvalue weighted by Crippen LogP contribution is 2.73. The van der Waals surface area contributed by atoms with E-state index in [4.69, 9.17) is 9.47 Å². The molecule has 1 aliphatic heterocycles. The number of rotatable bonds is 11. The maximum Gasteiger partial charge on any atom is 0.331 e. The van der Waals surface area contributed by atoms with Crippen LogP contribution >= 0.6 is 0 Å². The molecule has 0 aromatic rings. The molecule has 0 radical (unpaired) electrons. The predicted octanol–water partition coefficient (Wildman–Crippen LogP) is 6.53. The van der Waals surface area contributed by atoms with Crippen LogP contribution in [0.25, 0.3) is 0 Å². The maximum atomic E-state index is 13.2. The largest absolute Gasteiger partial charge is 0.462 e. The lowest BCUT2D eigenvalue weighted by Crippen LogP contribution is -2.78. The summed E-state index contributed by atoms with van der Waals surface area (Å²) in [6.45, 7) is 15.1. The summed E-state index contributed by atoms with van der Waals surface area (Å²) in [5, 5.41) is 25.4. The van der Waals surface area contributed by atoms with Gasteiger partial charge in [-0.3, -0.25) is 4.79 Å². The predicted molar refractivity (Wildman–Crippen MR) is 156 cm³/mol. The van der Waals surface area contributed by atoms with E-state index < -0.39 is 22.5 Å². The second-order valence-corrected chi connectivity index (χ2v) is 15.0. The zero-order valence-corrected chi connectivity index (χ0v) is 26.0. The van der Waals surface area contributed by atoms with Gasteiger partial charge in [0.1, 0.15) is 12.7 Å². The fourth-order valence-electron chi connectivity index (χ4n) is 9.32. The van der Waals surface area contributed by atoms with Gasteiger partial charge in [0.2, 0.25) is 0 Å². The van der Waals surface area contributed by atoms with E-state index in [1.54, 1.807) is 6.08 Å². The number of aliphatic hydroxyl groups excluding tert-OH is 1. The molecule has 0 aromatic carbocycles. The van der Waals surface area contributed by atoms with Gasteiger partial charge in [-0.05, 0) is 67.3 Å². The van der Waals surface area contributed by atoms with Gasteiger partial charge in [-0.15, -0.1) is 0 Å². The lowest BCUT2D eigenvalue weighted by Gasteiger charge is -2.73. The monoisotopic (exact) mass is 558 g/mol. The fraction of sp³-hybridized carbons (Fsp3) is 0.824. The third-order valence-electron chi connectivity index (χ3n) is 11.2. The van der Waals surface area contributed by atoms with Gasteiger partial charge in [-0.25, -0.2) is 4.79 Å². The number of allylic oxidation sites excluding steroid dienone is 1. The molecular weight excluding hydrogens is 504 g/mol. The Morgan fingerprint density at radius 3 is 2.52 bits per heavy atom. The van der Waals surface area contributed by atoms with Crippen LogP contribution in [0.3, 0.4) is 0 Å². The molecule has 8 atom stereocenters. The Morgan fingerprint density at radius 2 is 1.90 bits per heavy atom. The van der Waals surface area contributed by atoms with E-state index in [9.17, 15) is 19.8 Å². The Bertz CT molecular complexity index is 1010. The fourth-order valence-corrected chi connectivity index (χ4v) is 9.32. The summed E-state index contributed by atoms with van der Waals surface area (Å²) in [5.41, 5.74) is -2.17. The van der Waals surface area contributed by atoms with Gasteiger partial charge in [0.25, 0.3) is 0 Å². The molecule has 0 amide bonds. The molecule has 0 aromatic heterocycles. The van der Waals surface area contributed by atoms with E-state index in [1.165, 1.54) is 26.2 Å². The molecule has 2 bridgehead atoms. The minimum atomic E-state index is -1.24. The number of cyclic esters (lactones) is 1. The van der Waals surface area contributed by atoms with Crippen LogP contribution in [0.1, 0.15) is 113 Å².